The highest BCUT2D eigenvalue weighted by Crippen LogP contribution is 2.33. The van der Waals surface area contributed by atoms with Crippen LogP contribution >= 0.6 is 0 Å². The predicted molar refractivity (Wildman–Crippen MR) is 68.0 cm³/mol. The molecule has 0 saturated heterocycles. The lowest BCUT2D eigenvalue weighted by Gasteiger charge is -2.38. The van der Waals surface area contributed by atoms with Gasteiger partial charge in [-0.15, -0.1) is 0 Å². The van der Waals surface area contributed by atoms with E-state index in [4.69, 9.17) is 5.26 Å². The van der Waals surface area contributed by atoms with Crippen LogP contribution in [-0.4, -0.2) is 12.6 Å². The van der Waals surface area contributed by atoms with Gasteiger partial charge in [-0.2, -0.15) is 5.26 Å². The van der Waals surface area contributed by atoms with Gasteiger partial charge in [0.05, 0.1) is 6.07 Å². The molecule has 1 aliphatic carbocycles. The number of unbranched alkanes of at least 4 members (excludes halogenated alkanes) is 1. The average molecular weight is 222 g/mol. The van der Waals surface area contributed by atoms with E-state index in [0.717, 1.165) is 30.7 Å². The summed E-state index contributed by atoms with van der Waals surface area (Å²) in [4.78, 5) is 0. The van der Waals surface area contributed by atoms with E-state index in [1.54, 1.807) is 0 Å². The number of rotatable bonds is 5. The largest absolute Gasteiger partial charge is 0.314 e. The molecule has 1 saturated carbocycles. The van der Waals surface area contributed by atoms with Crippen molar-refractivity contribution in [1.82, 2.24) is 5.32 Å². The third-order valence-electron chi connectivity index (χ3n) is 3.89. The molecule has 0 aromatic rings. The normalized spacial score (nSPS) is 30.3. The summed E-state index contributed by atoms with van der Waals surface area (Å²) in [6.45, 7) is 8.05. The highest BCUT2D eigenvalue weighted by Gasteiger charge is 2.29. The molecule has 1 fully saturated rings. The summed E-state index contributed by atoms with van der Waals surface area (Å²) in [7, 11) is 0. The number of hydrogen-bond donors (Lipinski definition) is 1. The molecule has 1 N–H and O–H groups in total. The lowest BCUT2D eigenvalue weighted by atomic mass is 9.74. The Morgan fingerprint density at radius 2 is 2.12 bits per heavy atom. The lowest BCUT2D eigenvalue weighted by Crippen LogP contribution is -2.43. The van der Waals surface area contributed by atoms with Crippen molar-refractivity contribution in [3.63, 3.8) is 0 Å². The zero-order valence-corrected chi connectivity index (χ0v) is 11.0. The third-order valence-corrected chi connectivity index (χ3v) is 3.89. The molecule has 3 atom stereocenters. The van der Waals surface area contributed by atoms with Crippen LogP contribution < -0.4 is 5.32 Å². The molecule has 0 bridgehead atoms. The van der Waals surface area contributed by atoms with E-state index in [0.29, 0.717) is 12.5 Å². The predicted octanol–water partition coefficient (Wildman–Crippen LogP) is 3.34. The van der Waals surface area contributed by atoms with E-state index in [1.165, 1.54) is 19.3 Å². The van der Waals surface area contributed by atoms with Gasteiger partial charge in [-0.25, -0.2) is 0 Å². The molecular formula is C14H26N2. The Morgan fingerprint density at radius 1 is 1.38 bits per heavy atom. The van der Waals surface area contributed by atoms with Crippen molar-refractivity contribution in [3.8, 4) is 6.07 Å². The van der Waals surface area contributed by atoms with Crippen LogP contribution in [0.3, 0.4) is 0 Å². The van der Waals surface area contributed by atoms with E-state index < -0.39 is 0 Å². The van der Waals surface area contributed by atoms with Crippen LogP contribution in [0.5, 0.6) is 0 Å². The molecule has 2 nitrogen and oxygen atoms in total. The maximum Gasteiger partial charge on any atom is 0.0622 e. The van der Waals surface area contributed by atoms with E-state index in [2.05, 4.69) is 32.2 Å². The van der Waals surface area contributed by atoms with Gasteiger partial charge in [0.1, 0.15) is 0 Å². The Balaban J connectivity index is 2.36. The summed E-state index contributed by atoms with van der Waals surface area (Å²) >= 11 is 0. The first-order valence-corrected chi connectivity index (χ1v) is 6.75. The van der Waals surface area contributed by atoms with Crippen LogP contribution in [0.1, 0.15) is 52.9 Å². The van der Waals surface area contributed by atoms with Gasteiger partial charge in [0, 0.05) is 12.5 Å². The second-order valence-electron chi connectivity index (χ2n) is 5.65. The van der Waals surface area contributed by atoms with Crippen molar-refractivity contribution >= 4 is 0 Å². The number of hydrogen-bond acceptors (Lipinski definition) is 2. The number of nitrogens with one attached hydrogen (secondary N) is 1. The molecule has 0 amide bonds. The fourth-order valence-corrected chi connectivity index (χ4v) is 2.89. The Morgan fingerprint density at radius 3 is 2.75 bits per heavy atom. The Labute approximate surface area is 100 Å². The van der Waals surface area contributed by atoms with E-state index in [-0.39, 0.29) is 0 Å². The molecule has 0 aliphatic heterocycles. The summed E-state index contributed by atoms with van der Waals surface area (Å²) in [6, 6.07) is 2.89. The average Bonchev–Trinajstić information content (AvgIpc) is 2.24. The van der Waals surface area contributed by atoms with E-state index in [1.807, 2.05) is 0 Å². The Kier molecular flexibility index (Phi) is 5.84. The first kappa shape index (κ1) is 13.5. The van der Waals surface area contributed by atoms with E-state index in [9.17, 15) is 0 Å². The molecule has 3 unspecified atom stereocenters. The van der Waals surface area contributed by atoms with Gasteiger partial charge in [-0.05, 0) is 43.6 Å². The number of nitriles is 1. The molecule has 0 spiro atoms. The SMILES string of the molecule is CC1CCC(C(C)C)C(NCCCC#N)C1. The third kappa shape index (κ3) is 4.14. The molecule has 92 valence electrons. The quantitative estimate of drug-likeness (QED) is 0.724. The molecule has 1 aliphatic rings. The molecule has 2 heteroatoms. The minimum absolute atomic E-state index is 0.682. The second-order valence-corrected chi connectivity index (χ2v) is 5.65. The van der Waals surface area contributed by atoms with Crippen molar-refractivity contribution < 1.29 is 0 Å². The smallest absolute Gasteiger partial charge is 0.0622 e. The van der Waals surface area contributed by atoms with Crippen molar-refractivity contribution in [2.45, 2.75) is 58.9 Å². The van der Waals surface area contributed by atoms with Crippen LogP contribution in [0, 0.1) is 29.1 Å². The summed E-state index contributed by atoms with van der Waals surface area (Å²) < 4.78 is 0. The fraction of sp³-hybridized carbons (Fsp3) is 0.929. The van der Waals surface area contributed by atoms with Crippen molar-refractivity contribution in [2.75, 3.05) is 6.54 Å². The second kappa shape index (κ2) is 6.91. The zero-order valence-electron chi connectivity index (χ0n) is 11.0. The minimum Gasteiger partial charge on any atom is -0.314 e. The number of nitrogens with zero attached hydrogens (tertiary/aromatic N) is 1. The zero-order chi connectivity index (χ0) is 12.0. The van der Waals surface area contributed by atoms with Gasteiger partial charge in [-0.3, -0.25) is 0 Å². The summed E-state index contributed by atoms with van der Waals surface area (Å²) in [5.74, 6) is 2.47. The Bertz CT molecular complexity index is 229. The maximum atomic E-state index is 8.51. The van der Waals surface area contributed by atoms with Crippen molar-refractivity contribution in [2.24, 2.45) is 17.8 Å². The van der Waals surface area contributed by atoms with Gasteiger partial charge in [0.25, 0.3) is 0 Å². The van der Waals surface area contributed by atoms with Crippen LogP contribution in [0.2, 0.25) is 0 Å². The first-order chi connectivity index (χ1) is 7.65. The molecule has 0 radical (unpaired) electrons. The maximum absolute atomic E-state index is 8.51. The molecule has 0 aromatic carbocycles. The summed E-state index contributed by atoms with van der Waals surface area (Å²) in [5.41, 5.74) is 0. The lowest BCUT2D eigenvalue weighted by molar-refractivity contribution is 0.170. The summed E-state index contributed by atoms with van der Waals surface area (Å²) in [5, 5.41) is 12.2. The fourth-order valence-electron chi connectivity index (χ4n) is 2.89. The first-order valence-electron chi connectivity index (χ1n) is 6.75. The van der Waals surface area contributed by atoms with Gasteiger partial charge in [0.2, 0.25) is 0 Å². The molecule has 0 aromatic heterocycles. The van der Waals surface area contributed by atoms with Crippen LogP contribution in [-0.2, 0) is 0 Å². The van der Waals surface area contributed by atoms with Gasteiger partial charge < -0.3 is 5.32 Å². The Hall–Kier alpha value is -0.550. The van der Waals surface area contributed by atoms with Gasteiger partial charge >= 0.3 is 0 Å². The van der Waals surface area contributed by atoms with Gasteiger partial charge in [-0.1, -0.05) is 27.2 Å². The van der Waals surface area contributed by atoms with Crippen LogP contribution in [0.25, 0.3) is 0 Å². The monoisotopic (exact) mass is 222 g/mol. The van der Waals surface area contributed by atoms with Crippen molar-refractivity contribution in [1.29, 1.82) is 5.26 Å². The molecule has 16 heavy (non-hydrogen) atoms. The highest BCUT2D eigenvalue weighted by atomic mass is 14.9. The topological polar surface area (TPSA) is 35.8 Å². The summed E-state index contributed by atoms with van der Waals surface area (Å²) in [6.07, 6.45) is 5.75. The molecule has 0 heterocycles. The standard InChI is InChI=1S/C14H26N2/c1-11(2)13-7-6-12(3)10-14(13)16-9-5-4-8-15/h11-14,16H,4-7,9-10H2,1-3H3. The molecular weight excluding hydrogens is 196 g/mol. The van der Waals surface area contributed by atoms with E-state index >= 15 is 0 Å². The van der Waals surface area contributed by atoms with Crippen LogP contribution in [0.4, 0.5) is 0 Å². The van der Waals surface area contributed by atoms with Crippen LogP contribution in [0.15, 0.2) is 0 Å². The molecule has 1 rings (SSSR count). The minimum atomic E-state index is 0.682. The van der Waals surface area contributed by atoms with Crippen molar-refractivity contribution in [3.05, 3.63) is 0 Å². The highest BCUT2D eigenvalue weighted by molar-refractivity contribution is 4.85. The van der Waals surface area contributed by atoms with Gasteiger partial charge in [0.15, 0.2) is 0 Å².